The Hall–Kier alpha value is -15.3. The lowest BCUT2D eigenvalue weighted by atomic mass is 10.0. The van der Waals surface area contributed by atoms with Gasteiger partial charge in [-0.15, -0.1) is 35.3 Å². The average Bonchev–Trinajstić information content (AvgIpc) is 0.801. The number of carboxylic acids is 3. The van der Waals surface area contributed by atoms with E-state index in [2.05, 4.69) is 79.1 Å². The zero-order chi connectivity index (χ0) is 107. The van der Waals surface area contributed by atoms with Gasteiger partial charge in [0.05, 0.1) is 88.6 Å². The van der Waals surface area contributed by atoms with Crippen molar-refractivity contribution in [3.63, 3.8) is 0 Å². The molecule has 16 rings (SSSR count). The molecule has 0 spiro atoms. The fourth-order valence-corrected chi connectivity index (χ4v) is 18.7. The summed E-state index contributed by atoms with van der Waals surface area (Å²) in [5.74, 6) is -3.22. The molecule has 0 unspecified atom stereocenters. The number of rotatable bonds is 31. The first kappa shape index (κ1) is 112. The van der Waals surface area contributed by atoms with E-state index >= 15 is 0 Å². The molecule has 0 saturated carbocycles. The predicted molar refractivity (Wildman–Crippen MR) is 573 cm³/mol. The topological polar surface area (TPSA) is 339 Å². The number of halogens is 7. The van der Waals surface area contributed by atoms with Crippen LogP contribution in [0.4, 0.5) is 49.1 Å². The number of nitrogens with zero attached hydrogens (tertiary/aromatic N) is 4. The molecule has 2 saturated heterocycles. The van der Waals surface area contributed by atoms with Crippen molar-refractivity contribution in [3.05, 3.63) is 421 Å². The summed E-state index contributed by atoms with van der Waals surface area (Å²) in [6.45, 7) is 3.38. The van der Waals surface area contributed by atoms with Crippen molar-refractivity contribution in [3.8, 4) is 22.5 Å². The number of amides is 4. The van der Waals surface area contributed by atoms with Crippen LogP contribution in [0.5, 0.6) is 0 Å². The zero-order valence-electron chi connectivity index (χ0n) is 80.8. The van der Waals surface area contributed by atoms with E-state index in [4.69, 9.17) is 14.9 Å². The molecular formula is C114H103BrF6N8O16S4. The molecule has 14 aromatic rings. The van der Waals surface area contributed by atoms with Gasteiger partial charge in [-0.3, -0.25) is 29.1 Å². The van der Waals surface area contributed by atoms with Crippen molar-refractivity contribution in [1.82, 2.24) is 20.6 Å². The number of piperidine rings is 2. The minimum absolute atomic E-state index is 0.0939. The molecule has 24 nitrogen and oxygen atoms in total. The van der Waals surface area contributed by atoms with Crippen LogP contribution in [0.3, 0.4) is 0 Å². The van der Waals surface area contributed by atoms with E-state index in [1.807, 2.05) is 97.1 Å². The minimum Gasteiger partial charge on any atom is -0.478 e. The third-order valence-corrected chi connectivity index (χ3v) is 27.4. The van der Waals surface area contributed by atoms with E-state index in [1.165, 1.54) is 105 Å². The monoisotopic (exact) mass is 2160 g/mol. The highest BCUT2D eigenvalue weighted by Crippen LogP contribution is 2.39. The number of nitrogens with one attached hydrogen (secondary N) is 4. The Labute approximate surface area is 883 Å². The Kier molecular flexibility index (Phi) is 41.9. The summed E-state index contributed by atoms with van der Waals surface area (Å²) in [6.07, 6.45) is 0.581. The molecule has 4 amide bonds. The fourth-order valence-electron chi connectivity index (χ4n) is 15.5. The third kappa shape index (κ3) is 34.1. The molecule has 35 heteroatoms. The summed E-state index contributed by atoms with van der Waals surface area (Å²) in [6, 6.07) is 83.8. The first-order chi connectivity index (χ1) is 71.7. The van der Waals surface area contributed by atoms with Gasteiger partial charge in [0.2, 0.25) is 0 Å². The van der Waals surface area contributed by atoms with E-state index in [0.29, 0.717) is 101 Å². The highest BCUT2D eigenvalue weighted by molar-refractivity contribution is 9.08. The number of ether oxygens (including phenoxy) is 3. The first-order valence-corrected chi connectivity index (χ1v) is 51.4. The summed E-state index contributed by atoms with van der Waals surface area (Å²) in [7, 11) is 4.07. The molecule has 2 aliphatic heterocycles. The number of pyridine rings is 2. The van der Waals surface area contributed by atoms with Crippen LogP contribution in [0.1, 0.15) is 192 Å². The van der Waals surface area contributed by atoms with Crippen LogP contribution in [-0.4, -0.2) is 132 Å². The zero-order valence-corrected chi connectivity index (χ0v) is 85.7. The summed E-state index contributed by atoms with van der Waals surface area (Å²) in [5, 5.41) is 39.1. The highest BCUT2D eigenvalue weighted by atomic mass is 79.9. The number of alkyl halides is 7. The SMILES string of the molecule is COC(=O)c1cccc(CBr)c1.COC(=O)c1cccc(CSc2cccc(C(=O)Nc3ccc(N4CCCCC4)cc3-c3cc(C(=O)NCc4cccc(C(F)(F)F)c4)ccn3)c2)c1.COC(=O)c1cccc(CSc2cccc(C(=O)O)c2)c1.O=C(O)c1cccc(CS)c1.O=C(O)c1cccc(CSc2cccc(C(=O)Nc3ccc(N4CCCCC4)cc3-c3cc(C(=O)NCc4cccc(C(F)(F)F)c4)ccn3)c2)c1. The number of aromatic carboxylic acids is 3. The maximum absolute atomic E-state index is 13.7. The molecule has 149 heavy (non-hydrogen) atoms. The lowest BCUT2D eigenvalue weighted by molar-refractivity contribution is -0.138. The second-order valence-corrected chi connectivity index (χ2v) is 37.7. The van der Waals surface area contributed by atoms with E-state index < -0.39 is 59.2 Å². The lowest BCUT2D eigenvalue weighted by Crippen LogP contribution is -2.29. The van der Waals surface area contributed by atoms with Crippen LogP contribution >= 0.6 is 63.8 Å². The molecule has 2 fully saturated rings. The summed E-state index contributed by atoms with van der Waals surface area (Å²) in [5.41, 5.74) is 12.6. The van der Waals surface area contributed by atoms with Crippen LogP contribution in [0.2, 0.25) is 0 Å². The molecule has 768 valence electrons. The predicted octanol–water partition coefficient (Wildman–Crippen LogP) is 25.6. The van der Waals surface area contributed by atoms with Gasteiger partial charge in [-0.2, -0.15) is 39.0 Å². The molecule has 0 bridgehead atoms. The molecule has 0 atom stereocenters. The van der Waals surface area contributed by atoms with E-state index in [0.717, 1.165) is 148 Å². The number of carboxylic acid groups (broad SMARTS) is 3. The van der Waals surface area contributed by atoms with Crippen molar-refractivity contribution in [2.75, 3.05) is 67.9 Å². The van der Waals surface area contributed by atoms with Crippen molar-refractivity contribution < 1.29 is 104 Å². The first-order valence-electron chi connectivity index (χ1n) is 46.7. The largest absolute Gasteiger partial charge is 0.478 e. The molecule has 2 aromatic heterocycles. The highest BCUT2D eigenvalue weighted by Gasteiger charge is 2.32. The van der Waals surface area contributed by atoms with Crippen LogP contribution < -0.4 is 31.1 Å². The lowest BCUT2D eigenvalue weighted by Gasteiger charge is -2.29. The Bertz CT molecular complexity index is 7110. The molecule has 4 heterocycles. The van der Waals surface area contributed by atoms with E-state index in [1.54, 1.807) is 146 Å². The third-order valence-electron chi connectivity index (χ3n) is 23.2. The van der Waals surface area contributed by atoms with Gasteiger partial charge >= 0.3 is 48.2 Å². The van der Waals surface area contributed by atoms with Gasteiger partial charge in [0.25, 0.3) is 23.6 Å². The van der Waals surface area contributed by atoms with Gasteiger partial charge in [-0.05, 0) is 278 Å². The second kappa shape index (κ2) is 55.5. The molecule has 7 N–H and O–H groups in total. The Morgan fingerprint density at radius 2 is 0.644 bits per heavy atom. The normalized spacial score (nSPS) is 12.0. The number of carbonyl (C=O) groups excluding carboxylic acids is 7. The quantitative estimate of drug-likeness (QED) is 0.00500. The van der Waals surface area contributed by atoms with Gasteiger partial charge in [-0.1, -0.05) is 119 Å². The van der Waals surface area contributed by atoms with Crippen molar-refractivity contribution >= 4 is 146 Å². The molecule has 0 radical (unpaired) electrons. The Morgan fingerprint density at radius 3 is 1.00 bits per heavy atom. The summed E-state index contributed by atoms with van der Waals surface area (Å²) < 4.78 is 93.3. The second-order valence-electron chi connectivity index (χ2n) is 33.7. The van der Waals surface area contributed by atoms with Gasteiger partial charge in [0.15, 0.2) is 0 Å². The molecule has 12 aromatic carbocycles. The maximum atomic E-state index is 13.7. The van der Waals surface area contributed by atoms with Gasteiger partial charge < -0.3 is 60.6 Å². The number of aromatic nitrogens is 2. The van der Waals surface area contributed by atoms with Crippen LogP contribution in [0.25, 0.3) is 22.5 Å². The Morgan fingerprint density at radius 1 is 0.342 bits per heavy atom. The number of thiol groups is 1. The van der Waals surface area contributed by atoms with Crippen LogP contribution in [0.15, 0.2) is 330 Å². The van der Waals surface area contributed by atoms with E-state index in [-0.39, 0.29) is 59.1 Å². The van der Waals surface area contributed by atoms with E-state index in [9.17, 15) is 79.4 Å². The number of carbonyl (C=O) groups is 10. The van der Waals surface area contributed by atoms with Crippen molar-refractivity contribution in [2.24, 2.45) is 0 Å². The molecule has 2 aliphatic rings. The van der Waals surface area contributed by atoms with Crippen molar-refractivity contribution in [2.45, 2.75) is 107 Å². The fraction of sp³-hybridized carbons (Fsp3) is 0.193. The molecule has 0 aliphatic carbocycles. The van der Waals surface area contributed by atoms with Gasteiger partial charge in [0, 0.05) is 139 Å². The van der Waals surface area contributed by atoms with Crippen molar-refractivity contribution in [1.29, 1.82) is 0 Å². The molecular weight excluding hydrogens is 2060 g/mol. The number of benzene rings is 12. The number of esters is 3. The van der Waals surface area contributed by atoms with Crippen LogP contribution in [0, 0.1) is 0 Å². The Balaban J connectivity index is 0.000000188. The average molecular weight is 2160 g/mol. The maximum Gasteiger partial charge on any atom is 0.416 e. The number of hydrogen-bond donors (Lipinski definition) is 8. The standard InChI is InChI=1S/C41H37F3N4O4S.C40H35F3N4O4S.C16H14O4S.C9H9BrO2.C8H8O2S/c1-52-40(51)31-11-5-9-28(20-31)26-53-34-13-7-10-29(22-34)39(50)47-36-15-14-33(48-18-3-2-4-19-48)24-35(36)37-23-30(16-17-45-37)38(49)46-25-27-8-6-12-32(21-27)41(42,43)44;41-40(42,43)31-11-5-7-26(20-31)24-45-37(48)29-15-16-44-36(22-29)34-23-32(47-17-2-1-3-18-47)13-14-35(34)46-38(49)28-9-6-12-33(21-28)52-25-27-8-4-10-30(19-27)39(50)51;1-20-16(19)13-6-2-4-11(8-13)10-21-14-7-3-5-12(9-14)15(17)18;1-12-9(11)8-4-2-3-7(5-8)6-10;9-8(10)7-3-1-2-6(4-7)5-11/h5-17,20-24H,2-4,18-19,25-26H2,1H3,(H,46,49)(H,47,50);4-16,19-23H,1-3,17-18,24-25H2,(H,45,48)(H,46,49)(H,50,51);2-9H,10H2,1H3,(H,17,18);2-5H,6H2,1H3;1-4,11H,5H2,(H,9,10). The number of thioether (sulfide) groups is 3. The number of anilines is 4. The summed E-state index contributed by atoms with van der Waals surface area (Å²) in [4.78, 5) is 137. The van der Waals surface area contributed by atoms with Crippen LogP contribution in [-0.2, 0) is 68.0 Å². The number of methoxy groups -OCH3 is 3. The summed E-state index contributed by atoms with van der Waals surface area (Å²) >= 11 is 11.9. The smallest absolute Gasteiger partial charge is 0.416 e. The van der Waals surface area contributed by atoms with Gasteiger partial charge in [0.1, 0.15) is 0 Å². The van der Waals surface area contributed by atoms with Gasteiger partial charge in [-0.25, -0.2) is 28.8 Å². The number of hydrogen-bond acceptors (Lipinski definition) is 21. The minimum atomic E-state index is -4.49.